The third-order valence-electron chi connectivity index (χ3n) is 3.30. The van der Waals surface area contributed by atoms with Crippen molar-refractivity contribution in [1.82, 2.24) is 4.98 Å². The number of nitrogen functional groups attached to an aromatic ring is 1. The summed E-state index contributed by atoms with van der Waals surface area (Å²) in [6.07, 6.45) is 3.87. The zero-order chi connectivity index (χ0) is 14.5. The molecule has 0 unspecified atom stereocenters. The van der Waals surface area contributed by atoms with Crippen LogP contribution in [0.15, 0.2) is 28.9 Å². The number of unbranched alkanes of at least 4 members (excludes halogenated alkanes) is 1. The zero-order valence-electron chi connectivity index (χ0n) is 11.6. The number of pyridine rings is 1. The van der Waals surface area contributed by atoms with Crippen molar-refractivity contribution < 1.29 is 5.11 Å². The SMILES string of the molecule is CCCCN(CCO)c1c(N)cnc2ccc(Br)cc12. The van der Waals surface area contributed by atoms with Gasteiger partial charge >= 0.3 is 0 Å². The summed E-state index contributed by atoms with van der Waals surface area (Å²) >= 11 is 3.50. The normalized spacial score (nSPS) is 10.9. The average Bonchev–Trinajstić information content (AvgIpc) is 2.44. The van der Waals surface area contributed by atoms with Gasteiger partial charge in [-0.3, -0.25) is 4.98 Å². The fourth-order valence-corrected chi connectivity index (χ4v) is 2.69. The van der Waals surface area contributed by atoms with E-state index in [9.17, 15) is 5.11 Å². The van der Waals surface area contributed by atoms with Crippen LogP contribution in [0, 0.1) is 0 Å². The number of hydrogen-bond donors (Lipinski definition) is 2. The molecule has 4 nitrogen and oxygen atoms in total. The van der Waals surface area contributed by atoms with E-state index in [2.05, 4.69) is 32.7 Å². The van der Waals surface area contributed by atoms with E-state index in [0.29, 0.717) is 12.2 Å². The van der Waals surface area contributed by atoms with E-state index in [4.69, 9.17) is 5.73 Å². The molecular weight excluding hydrogens is 318 g/mol. The molecule has 2 aromatic rings. The van der Waals surface area contributed by atoms with Crippen LogP contribution in [0.1, 0.15) is 19.8 Å². The van der Waals surface area contributed by atoms with E-state index in [0.717, 1.165) is 40.4 Å². The molecule has 0 fully saturated rings. The van der Waals surface area contributed by atoms with Gasteiger partial charge in [-0.1, -0.05) is 29.3 Å². The first-order valence-electron chi connectivity index (χ1n) is 6.87. The summed E-state index contributed by atoms with van der Waals surface area (Å²) in [6.45, 7) is 3.73. The van der Waals surface area contributed by atoms with Gasteiger partial charge in [-0.2, -0.15) is 0 Å². The molecule has 0 spiro atoms. The number of anilines is 2. The van der Waals surface area contributed by atoms with Gasteiger partial charge in [-0.25, -0.2) is 0 Å². The van der Waals surface area contributed by atoms with Crippen LogP contribution in [0.3, 0.4) is 0 Å². The van der Waals surface area contributed by atoms with Gasteiger partial charge in [0.2, 0.25) is 0 Å². The zero-order valence-corrected chi connectivity index (χ0v) is 13.2. The number of nitrogens with zero attached hydrogens (tertiary/aromatic N) is 2. The summed E-state index contributed by atoms with van der Waals surface area (Å²) in [4.78, 5) is 6.52. The topological polar surface area (TPSA) is 62.4 Å². The van der Waals surface area contributed by atoms with E-state index < -0.39 is 0 Å². The lowest BCUT2D eigenvalue weighted by Gasteiger charge is -2.26. The van der Waals surface area contributed by atoms with Crippen molar-refractivity contribution in [3.05, 3.63) is 28.9 Å². The maximum atomic E-state index is 9.31. The highest BCUT2D eigenvalue weighted by molar-refractivity contribution is 9.10. The van der Waals surface area contributed by atoms with Crippen LogP contribution in [0.25, 0.3) is 10.9 Å². The standard InChI is InChI=1S/C15H20BrN3O/c1-2-3-6-19(7-8-20)15-12-9-11(16)4-5-14(12)18-10-13(15)17/h4-5,9-10,20H,2-3,6-8,17H2,1H3. The van der Waals surface area contributed by atoms with Gasteiger partial charge in [0.1, 0.15) is 0 Å². The maximum absolute atomic E-state index is 9.31. The monoisotopic (exact) mass is 337 g/mol. The number of halogens is 1. The summed E-state index contributed by atoms with van der Waals surface area (Å²) in [5, 5.41) is 10.3. The molecule has 1 aromatic heterocycles. The van der Waals surface area contributed by atoms with Crippen molar-refractivity contribution in [3.63, 3.8) is 0 Å². The first-order chi connectivity index (χ1) is 9.67. The number of aromatic nitrogens is 1. The molecule has 0 saturated carbocycles. The first-order valence-corrected chi connectivity index (χ1v) is 7.66. The minimum absolute atomic E-state index is 0.112. The highest BCUT2D eigenvalue weighted by atomic mass is 79.9. The number of fused-ring (bicyclic) bond motifs is 1. The summed E-state index contributed by atoms with van der Waals surface area (Å²) in [5.74, 6) is 0. The Balaban J connectivity index is 2.53. The van der Waals surface area contributed by atoms with Crippen LogP contribution in [0.5, 0.6) is 0 Å². The Bertz CT molecular complexity index is 583. The van der Waals surface area contributed by atoms with E-state index in [1.54, 1.807) is 6.20 Å². The molecule has 20 heavy (non-hydrogen) atoms. The number of hydrogen-bond acceptors (Lipinski definition) is 4. The Hall–Kier alpha value is -1.33. The lowest BCUT2D eigenvalue weighted by Crippen LogP contribution is -2.28. The highest BCUT2D eigenvalue weighted by Gasteiger charge is 2.14. The number of benzene rings is 1. The lowest BCUT2D eigenvalue weighted by atomic mass is 10.1. The molecule has 0 aliphatic carbocycles. The second-order valence-electron chi connectivity index (χ2n) is 4.79. The molecule has 2 rings (SSSR count). The summed E-state index contributed by atoms with van der Waals surface area (Å²) < 4.78 is 0.998. The highest BCUT2D eigenvalue weighted by Crippen LogP contribution is 2.33. The summed E-state index contributed by atoms with van der Waals surface area (Å²) in [6, 6.07) is 5.97. The van der Waals surface area contributed by atoms with Crippen LogP contribution >= 0.6 is 15.9 Å². The van der Waals surface area contributed by atoms with Gasteiger partial charge in [-0.05, 0) is 24.6 Å². The molecule has 0 aliphatic heterocycles. The predicted octanol–water partition coefficient (Wildman–Crippen LogP) is 3.18. The molecule has 0 saturated heterocycles. The van der Waals surface area contributed by atoms with Crippen molar-refractivity contribution in [3.8, 4) is 0 Å². The Morgan fingerprint density at radius 3 is 2.85 bits per heavy atom. The Morgan fingerprint density at radius 2 is 2.15 bits per heavy atom. The molecule has 108 valence electrons. The molecule has 1 aromatic carbocycles. The molecular formula is C15H20BrN3O. The van der Waals surface area contributed by atoms with Crippen LogP contribution < -0.4 is 10.6 Å². The minimum Gasteiger partial charge on any atom is -0.396 e. The van der Waals surface area contributed by atoms with Crippen molar-refractivity contribution in [2.24, 2.45) is 0 Å². The maximum Gasteiger partial charge on any atom is 0.0745 e. The largest absolute Gasteiger partial charge is 0.396 e. The van der Waals surface area contributed by atoms with E-state index >= 15 is 0 Å². The van der Waals surface area contributed by atoms with Crippen molar-refractivity contribution >= 4 is 38.2 Å². The lowest BCUT2D eigenvalue weighted by molar-refractivity contribution is 0.301. The van der Waals surface area contributed by atoms with Gasteiger partial charge in [-0.15, -0.1) is 0 Å². The molecule has 0 bridgehead atoms. The number of aliphatic hydroxyl groups excluding tert-OH is 1. The molecule has 0 aliphatic rings. The number of nitrogens with two attached hydrogens (primary N) is 1. The quantitative estimate of drug-likeness (QED) is 0.849. The minimum atomic E-state index is 0.112. The van der Waals surface area contributed by atoms with Crippen LogP contribution in [0.2, 0.25) is 0 Å². The van der Waals surface area contributed by atoms with E-state index in [1.165, 1.54) is 0 Å². The third-order valence-corrected chi connectivity index (χ3v) is 3.79. The third kappa shape index (κ3) is 3.22. The fourth-order valence-electron chi connectivity index (χ4n) is 2.32. The Kier molecular flexibility index (Phi) is 5.20. The fraction of sp³-hybridized carbons (Fsp3) is 0.400. The molecule has 0 radical (unpaired) electrons. The molecule has 0 atom stereocenters. The molecule has 1 heterocycles. The van der Waals surface area contributed by atoms with Gasteiger partial charge in [0.15, 0.2) is 0 Å². The van der Waals surface area contributed by atoms with Gasteiger partial charge in [0.05, 0.1) is 29.7 Å². The second-order valence-corrected chi connectivity index (χ2v) is 5.70. The number of aliphatic hydroxyl groups is 1. The summed E-state index contributed by atoms with van der Waals surface area (Å²) in [5.41, 5.74) is 8.68. The second kappa shape index (κ2) is 6.90. The predicted molar refractivity (Wildman–Crippen MR) is 88.1 cm³/mol. The Morgan fingerprint density at radius 1 is 1.35 bits per heavy atom. The Labute approximate surface area is 127 Å². The van der Waals surface area contributed by atoms with Crippen LogP contribution in [-0.2, 0) is 0 Å². The van der Waals surface area contributed by atoms with Gasteiger partial charge < -0.3 is 15.7 Å². The molecule has 0 amide bonds. The smallest absolute Gasteiger partial charge is 0.0745 e. The van der Waals surface area contributed by atoms with E-state index in [1.807, 2.05) is 18.2 Å². The molecule has 5 heteroatoms. The van der Waals surface area contributed by atoms with Gasteiger partial charge in [0, 0.05) is 22.9 Å². The summed E-state index contributed by atoms with van der Waals surface area (Å²) in [7, 11) is 0. The van der Waals surface area contributed by atoms with Crippen molar-refractivity contribution in [2.45, 2.75) is 19.8 Å². The van der Waals surface area contributed by atoms with Crippen molar-refractivity contribution in [2.75, 3.05) is 30.3 Å². The van der Waals surface area contributed by atoms with Gasteiger partial charge in [0.25, 0.3) is 0 Å². The number of rotatable bonds is 6. The first kappa shape index (κ1) is 15.1. The van der Waals surface area contributed by atoms with Crippen LogP contribution in [-0.4, -0.2) is 29.8 Å². The molecule has 3 N–H and O–H groups in total. The van der Waals surface area contributed by atoms with Crippen molar-refractivity contribution in [1.29, 1.82) is 0 Å². The van der Waals surface area contributed by atoms with E-state index in [-0.39, 0.29) is 6.61 Å². The van der Waals surface area contributed by atoms with Crippen LogP contribution in [0.4, 0.5) is 11.4 Å². The average molecular weight is 338 g/mol.